The monoisotopic (exact) mass is 271 g/mol. The summed E-state index contributed by atoms with van der Waals surface area (Å²) in [7, 11) is 0. The Kier molecular flexibility index (Phi) is 5.63. The molecule has 1 aliphatic carbocycles. The van der Waals surface area contributed by atoms with Crippen LogP contribution in [0.25, 0.3) is 0 Å². The number of aliphatic hydroxyl groups is 1. The third-order valence-corrected chi connectivity index (χ3v) is 4.37. The lowest BCUT2D eigenvalue weighted by atomic mass is 9.88. The molecule has 1 aliphatic heterocycles. The highest BCUT2D eigenvalue weighted by molar-refractivity contribution is 4.83. The maximum atomic E-state index is 9.93. The second-order valence-electron chi connectivity index (χ2n) is 6.72. The van der Waals surface area contributed by atoms with Gasteiger partial charge in [0.25, 0.3) is 0 Å². The molecule has 0 aromatic heterocycles. The van der Waals surface area contributed by atoms with Crippen LogP contribution in [0, 0.1) is 11.3 Å². The SMILES string of the molecule is CC1CCCCC1OCC(O)CNCC1(C)COC1. The molecule has 0 spiro atoms. The molecule has 2 aliphatic rings. The highest BCUT2D eigenvalue weighted by Gasteiger charge is 2.32. The molecule has 0 aromatic rings. The van der Waals surface area contributed by atoms with Gasteiger partial charge in [-0.2, -0.15) is 0 Å². The van der Waals surface area contributed by atoms with E-state index in [4.69, 9.17) is 9.47 Å². The molecule has 0 radical (unpaired) electrons. The molecule has 1 heterocycles. The van der Waals surface area contributed by atoms with Crippen molar-refractivity contribution in [1.82, 2.24) is 5.32 Å². The summed E-state index contributed by atoms with van der Waals surface area (Å²) in [5, 5.41) is 13.3. The molecule has 2 fully saturated rings. The van der Waals surface area contributed by atoms with Crippen molar-refractivity contribution >= 4 is 0 Å². The van der Waals surface area contributed by atoms with E-state index >= 15 is 0 Å². The van der Waals surface area contributed by atoms with Gasteiger partial charge in [-0.05, 0) is 18.8 Å². The molecule has 0 bridgehead atoms. The smallest absolute Gasteiger partial charge is 0.0897 e. The Bertz CT molecular complexity index is 268. The standard InChI is InChI=1S/C15H29NO3/c1-12-5-3-4-6-14(12)19-8-13(17)7-16-9-15(2)10-18-11-15/h12-14,16-17H,3-11H2,1-2H3. The summed E-state index contributed by atoms with van der Waals surface area (Å²) >= 11 is 0. The van der Waals surface area contributed by atoms with Crippen molar-refractivity contribution in [1.29, 1.82) is 0 Å². The summed E-state index contributed by atoms with van der Waals surface area (Å²) in [5.41, 5.74) is 0.262. The number of ether oxygens (including phenoxy) is 2. The van der Waals surface area contributed by atoms with Crippen molar-refractivity contribution in [2.75, 3.05) is 32.9 Å². The summed E-state index contributed by atoms with van der Waals surface area (Å²) < 4.78 is 11.1. The molecule has 1 saturated carbocycles. The van der Waals surface area contributed by atoms with E-state index in [1.54, 1.807) is 0 Å². The molecule has 4 nitrogen and oxygen atoms in total. The zero-order valence-electron chi connectivity index (χ0n) is 12.4. The second kappa shape index (κ2) is 7.02. The van der Waals surface area contributed by atoms with Crippen LogP contribution in [0.1, 0.15) is 39.5 Å². The van der Waals surface area contributed by atoms with E-state index < -0.39 is 6.10 Å². The second-order valence-corrected chi connectivity index (χ2v) is 6.72. The molecule has 2 rings (SSSR count). The van der Waals surface area contributed by atoms with Crippen LogP contribution in [0.5, 0.6) is 0 Å². The van der Waals surface area contributed by atoms with Crippen LogP contribution < -0.4 is 5.32 Å². The predicted molar refractivity (Wildman–Crippen MR) is 75.2 cm³/mol. The first-order valence-corrected chi connectivity index (χ1v) is 7.67. The van der Waals surface area contributed by atoms with Gasteiger partial charge in [0.1, 0.15) is 0 Å². The quantitative estimate of drug-likeness (QED) is 0.738. The Morgan fingerprint density at radius 3 is 2.74 bits per heavy atom. The Balaban J connectivity index is 1.55. The van der Waals surface area contributed by atoms with Crippen molar-refractivity contribution in [3.63, 3.8) is 0 Å². The highest BCUT2D eigenvalue weighted by atomic mass is 16.5. The maximum absolute atomic E-state index is 9.93. The third-order valence-electron chi connectivity index (χ3n) is 4.37. The number of aliphatic hydroxyl groups excluding tert-OH is 1. The molecule has 0 amide bonds. The van der Waals surface area contributed by atoms with Crippen LogP contribution in [-0.2, 0) is 9.47 Å². The van der Waals surface area contributed by atoms with Crippen molar-refractivity contribution in [2.24, 2.45) is 11.3 Å². The van der Waals surface area contributed by atoms with E-state index in [9.17, 15) is 5.11 Å². The third kappa shape index (κ3) is 4.71. The Labute approximate surface area is 116 Å². The van der Waals surface area contributed by atoms with Crippen molar-refractivity contribution in [2.45, 2.75) is 51.7 Å². The lowest BCUT2D eigenvalue weighted by Crippen LogP contribution is -2.48. The van der Waals surface area contributed by atoms with Gasteiger partial charge in [0, 0.05) is 18.5 Å². The molecule has 19 heavy (non-hydrogen) atoms. The van der Waals surface area contributed by atoms with Crippen LogP contribution in [0.2, 0.25) is 0 Å². The molecule has 2 N–H and O–H groups in total. The minimum atomic E-state index is -0.404. The Morgan fingerprint density at radius 2 is 2.11 bits per heavy atom. The van der Waals surface area contributed by atoms with Gasteiger partial charge >= 0.3 is 0 Å². The summed E-state index contributed by atoms with van der Waals surface area (Å²) in [6.07, 6.45) is 4.95. The van der Waals surface area contributed by atoms with Crippen LogP contribution in [-0.4, -0.2) is 50.2 Å². The van der Waals surface area contributed by atoms with E-state index in [2.05, 4.69) is 19.2 Å². The van der Waals surface area contributed by atoms with Gasteiger partial charge in [-0.3, -0.25) is 0 Å². The molecule has 112 valence electrons. The van der Waals surface area contributed by atoms with E-state index in [-0.39, 0.29) is 5.41 Å². The average molecular weight is 271 g/mol. The normalized spacial score (nSPS) is 31.7. The number of nitrogens with one attached hydrogen (secondary N) is 1. The first-order valence-electron chi connectivity index (χ1n) is 7.67. The highest BCUT2D eigenvalue weighted by Crippen LogP contribution is 2.26. The van der Waals surface area contributed by atoms with Gasteiger partial charge in [-0.1, -0.05) is 26.7 Å². The molecule has 3 unspecified atom stereocenters. The predicted octanol–water partition coefficient (Wildman–Crippen LogP) is 1.57. The van der Waals surface area contributed by atoms with Gasteiger partial charge in [0.15, 0.2) is 0 Å². The topological polar surface area (TPSA) is 50.7 Å². The van der Waals surface area contributed by atoms with Gasteiger partial charge < -0.3 is 19.9 Å². The van der Waals surface area contributed by atoms with Gasteiger partial charge in [0.2, 0.25) is 0 Å². The first kappa shape index (κ1) is 15.2. The zero-order valence-corrected chi connectivity index (χ0v) is 12.4. The van der Waals surface area contributed by atoms with E-state index in [1.807, 2.05) is 0 Å². The van der Waals surface area contributed by atoms with Crippen LogP contribution in [0.3, 0.4) is 0 Å². The average Bonchev–Trinajstić information content (AvgIpc) is 2.36. The number of rotatable bonds is 7. The lowest BCUT2D eigenvalue weighted by molar-refractivity contribution is -0.101. The lowest BCUT2D eigenvalue weighted by Gasteiger charge is -2.38. The van der Waals surface area contributed by atoms with Crippen molar-refractivity contribution < 1.29 is 14.6 Å². The van der Waals surface area contributed by atoms with Gasteiger partial charge in [-0.25, -0.2) is 0 Å². The summed E-state index contributed by atoms with van der Waals surface area (Å²) in [5.74, 6) is 0.639. The Morgan fingerprint density at radius 1 is 1.37 bits per heavy atom. The minimum absolute atomic E-state index is 0.262. The fourth-order valence-corrected chi connectivity index (χ4v) is 2.92. The largest absolute Gasteiger partial charge is 0.389 e. The zero-order chi connectivity index (χ0) is 13.7. The summed E-state index contributed by atoms with van der Waals surface area (Å²) in [6.45, 7) is 8.08. The molecule has 3 atom stereocenters. The van der Waals surface area contributed by atoms with Crippen LogP contribution >= 0.6 is 0 Å². The molecule has 1 saturated heterocycles. The fourth-order valence-electron chi connectivity index (χ4n) is 2.92. The minimum Gasteiger partial charge on any atom is -0.389 e. The molecular formula is C15H29NO3. The van der Waals surface area contributed by atoms with E-state index in [0.717, 1.165) is 26.2 Å². The maximum Gasteiger partial charge on any atom is 0.0897 e. The van der Waals surface area contributed by atoms with E-state index in [1.165, 1.54) is 19.3 Å². The fraction of sp³-hybridized carbons (Fsp3) is 1.00. The number of hydrogen-bond donors (Lipinski definition) is 2. The molecular weight excluding hydrogens is 242 g/mol. The summed E-state index contributed by atoms with van der Waals surface area (Å²) in [6, 6.07) is 0. The van der Waals surface area contributed by atoms with Crippen LogP contribution in [0.15, 0.2) is 0 Å². The van der Waals surface area contributed by atoms with Crippen LogP contribution in [0.4, 0.5) is 0 Å². The van der Waals surface area contributed by atoms with Gasteiger partial charge in [-0.15, -0.1) is 0 Å². The molecule has 4 heteroatoms. The van der Waals surface area contributed by atoms with Gasteiger partial charge in [0.05, 0.1) is 32.0 Å². The Hall–Kier alpha value is -0.160. The summed E-state index contributed by atoms with van der Waals surface area (Å²) in [4.78, 5) is 0. The van der Waals surface area contributed by atoms with E-state index in [0.29, 0.717) is 25.2 Å². The number of hydrogen-bond acceptors (Lipinski definition) is 4. The molecule has 0 aromatic carbocycles. The first-order chi connectivity index (χ1) is 9.09. The van der Waals surface area contributed by atoms with Crippen molar-refractivity contribution in [3.05, 3.63) is 0 Å². The van der Waals surface area contributed by atoms with Crippen molar-refractivity contribution in [3.8, 4) is 0 Å².